The fourth-order valence-corrected chi connectivity index (χ4v) is 2.08. The number of benzene rings is 1. The maximum Gasteiger partial charge on any atom is 0.309 e. The Morgan fingerprint density at radius 2 is 2.00 bits per heavy atom. The average Bonchev–Trinajstić information content (AvgIpc) is 2.74. The topological polar surface area (TPSA) is 52.3 Å². The number of nitrogens with two attached hydrogens (primary N) is 1. The highest BCUT2D eigenvalue weighted by atomic mass is 35.5. The Kier molecular flexibility index (Phi) is 5.45. The zero-order valence-electron chi connectivity index (χ0n) is 9.67. The molecule has 0 spiro atoms. The lowest BCUT2D eigenvalue weighted by Gasteiger charge is -2.09. The first-order chi connectivity index (χ1) is 7.75. The molecule has 1 aliphatic carbocycles. The fraction of sp³-hybridized carbons (Fsp3) is 0.462. The van der Waals surface area contributed by atoms with Crippen LogP contribution in [-0.4, -0.2) is 12.0 Å². The molecule has 0 unspecified atom stereocenters. The van der Waals surface area contributed by atoms with Crippen LogP contribution in [-0.2, 0) is 16.1 Å². The van der Waals surface area contributed by atoms with Crippen LogP contribution in [0.4, 0.5) is 0 Å². The highest BCUT2D eigenvalue weighted by molar-refractivity contribution is 5.85. The molecule has 1 fully saturated rings. The van der Waals surface area contributed by atoms with Crippen LogP contribution < -0.4 is 5.73 Å². The molecule has 1 aromatic rings. The number of esters is 1. The van der Waals surface area contributed by atoms with E-state index in [2.05, 4.69) is 0 Å². The summed E-state index contributed by atoms with van der Waals surface area (Å²) in [5, 5.41) is 0. The van der Waals surface area contributed by atoms with Crippen molar-refractivity contribution in [2.24, 2.45) is 11.7 Å². The van der Waals surface area contributed by atoms with E-state index < -0.39 is 0 Å². The number of hydrogen-bond acceptors (Lipinski definition) is 3. The number of ether oxygens (including phenoxy) is 1. The van der Waals surface area contributed by atoms with Crippen molar-refractivity contribution >= 4 is 18.4 Å². The van der Waals surface area contributed by atoms with Crippen molar-refractivity contribution in [2.45, 2.75) is 31.9 Å². The van der Waals surface area contributed by atoms with Gasteiger partial charge in [0.05, 0.1) is 5.92 Å². The zero-order chi connectivity index (χ0) is 11.4. The molecule has 17 heavy (non-hydrogen) atoms. The summed E-state index contributed by atoms with van der Waals surface area (Å²) in [6, 6.07) is 9.90. The quantitative estimate of drug-likeness (QED) is 0.843. The number of carbonyl (C=O) groups excluding carboxylic acids is 1. The Labute approximate surface area is 108 Å². The minimum atomic E-state index is -0.100. The number of rotatable bonds is 3. The Balaban J connectivity index is 0.00000144. The summed E-state index contributed by atoms with van der Waals surface area (Å²) in [5.74, 6) is -0.0875. The highest BCUT2D eigenvalue weighted by Gasteiger charge is 2.28. The molecule has 0 bridgehead atoms. The predicted octanol–water partition coefficient (Wildman–Crippen LogP) is 2.28. The number of carbonyl (C=O) groups is 1. The van der Waals surface area contributed by atoms with E-state index in [9.17, 15) is 4.79 Å². The van der Waals surface area contributed by atoms with E-state index in [4.69, 9.17) is 10.5 Å². The molecule has 3 nitrogen and oxygen atoms in total. The van der Waals surface area contributed by atoms with Crippen molar-refractivity contribution in [3.63, 3.8) is 0 Å². The smallest absolute Gasteiger partial charge is 0.309 e. The van der Waals surface area contributed by atoms with E-state index in [1.807, 2.05) is 30.3 Å². The molecule has 0 radical (unpaired) electrons. The summed E-state index contributed by atoms with van der Waals surface area (Å²) in [6.07, 6.45) is 2.58. The van der Waals surface area contributed by atoms with Crippen LogP contribution in [0.3, 0.4) is 0 Å². The normalized spacial score (nSPS) is 22.9. The number of halogens is 1. The lowest BCUT2D eigenvalue weighted by molar-refractivity contribution is -0.149. The second-order valence-electron chi connectivity index (χ2n) is 4.36. The molecule has 0 amide bonds. The van der Waals surface area contributed by atoms with E-state index in [1.54, 1.807) is 0 Å². The highest BCUT2D eigenvalue weighted by Crippen LogP contribution is 2.25. The summed E-state index contributed by atoms with van der Waals surface area (Å²) in [6.45, 7) is 0.366. The first-order valence-corrected chi connectivity index (χ1v) is 5.72. The van der Waals surface area contributed by atoms with Gasteiger partial charge in [-0.2, -0.15) is 0 Å². The van der Waals surface area contributed by atoms with Gasteiger partial charge in [0.2, 0.25) is 0 Å². The van der Waals surface area contributed by atoms with Gasteiger partial charge in [0.25, 0.3) is 0 Å². The van der Waals surface area contributed by atoms with Crippen LogP contribution in [0.25, 0.3) is 0 Å². The standard InChI is InChI=1S/C13H17NO2.ClH/c14-12-7-6-11(8-12)13(15)16-9-10-4-2-1-3-5-10;/h1-5,11-12H,6-9,14H2;1H/t11-,12+;/m0./s1. The molecule has 4 heteroatoms. The molecule has 2 N–H and O–H groups in total. The largest absolute Gasteiger partial charge is 0.461 e. The summed E-state index contributed by atoms with van der Waals surface area (Å²) in [4.78, 5) is 11.7. The number of hydrogen-bond donors (Lipinski definition) is 1. The van der Waals surface area contributed by atoms with Crippen LogP contribution in [0.15, 0.2) is 30.3 Å². The third-order valence-corrected chi connectivity index (χ3v) is 3.03. The van der Waals surface area contributed by atoms with Crippen molar-refractivity contribution in [3.8, 4) is 0 Å². The minimum Gasteiger partial charge on any atom is -0.461 e. The maximum atomic E-state index is 11.7. The van der Waals surface area contributed by atoms with Gasteiger partial charge in [0.1, 0.15) is 6.61 Å². The molecule has 0 saturated heterocycles. The minimum absolute atomic E-state index is 0. The fourth-order valence-electron chi connectivity index (χ4n) is 2.08. The third kappa shape index (κ3) is 4.02. The molecular weight excluding hydrogens is 238 g/mol. The SMILES string of the molecule is Cl.N[C@@H]1CC[C@H](C(=O)OCc2ccccc2)C1. The van der Waals surface area contributed by atoms with Gasteiger partial charge in [-0.1, -0.05) is 30.3 Å². The molecular formula is C13H18ClNO2. The summed E-state index contributed by atoms with van der Waals surface area (Å²) >= 11 is 0. The molecule has 0 aromatic heterocycles. The van der Waals surface area contributed by atoms with Crippen molar-refractivity contribution in [2.75, 3.05) is 0 Å². The molecule has 1 aliphatic rings. The zero-order valence-corrected chi connectivity index (χ0v) is 10.5. The summed E-state index contributed by atoms with van der Waals surface area (Å²) in [7, 11) is 0. The van der Waals surface area contributed by atoms with Gasteiger partial charge in [0, 0.05) is 6.04 Å². The molecule has 1 saturated carbocycles. The van der Waals surface area contributed by atoms with E-state index in [1.165, 1.54) is 0 Å². The predicted molar refractivity (Wildman–Crippen MR) is 68.8 cm³/mol. The van der Waals surface area contributed by atoms with E-state index in [0.717, 1.165) is 24.8 Å². The van der Waals surface area contributed by atoms with E-state index in [-0.39, 0.29) is 30.3 Å². The van der Waals surface area contributed by atoms with Gasteiger partial charge in [-0.3, -0.25) is 4.79 Å². The second kappa shape index (κ2) is 6.62. The molecule has 1 aromatic carbocycles. The van der Waals surface area contributed by atoms with Crippen molar-refractivity contribution in [3.05, 3.63) is 35.9 Å². The Morgan fingerprint density at radius 1 is 1.29 bits per heavy atom. The van der Waals surface area contributed by atoms with Gasteiger partial charge in [-0.05, 0) is 24.8 Å². The first-order valence-electron chi connectivity index (χ1n) is 5.72. The first kappa shape index (κ1) is 14.0. The second-order valence-corrected chi connectivity index (χ2v) is 4.36. The maximum absolute atomic E-state index is 11.7. The van der Waals surface area contributed by atoms with Crippen LogP contribution in [0.5, 0.6) is 0 Å². The van der Waals surface area contributed by atoms with Gasteiger partial charge >= 0.3 is 5.97 Å². The van der Waals surface area contributed by atoms with Crippen LogP contribution >= 0.6 is 12.4 Å². The van der Waals surface area contributed by atoms with Crippen LogP contribution in [0.2, 0.25) is 0 Å². The summed E-state index contributed by atoms with van der Waals surface area (Å²) < 4.78 is 5.27. The van der Waals surface area contributed by atoms with Gasteiger partial charge in [-0.25, -0.2) is 0 Å². The average molecular weight is 256 g/mol. The van der Waals surface area contributed by atoms with Crippen LogP contribution in [0.1, 0.15) is 24.8 Å². The molecule has 2 atom stereocenters. The van der Waals surface area contributed by atoms with Gasteiger partial charge < -0.3 is 10.5 Å². The lowest BCUT2D eigenvalue weighted by Crippen LogP contribution is -2.19. The Hall–Kier alpha value is -1.06. The van der Waals surface area contributed by atoms with Gasteiger partial charge in [0.15, 0.2) is 0 Å². The molecule has 2 rings (SSSR count). The summed E-state index contributed by atoms with van der Waals surface area (Å²) in [5.41, 5.74) is 6.79. The molecule has 94 valence electrons. The lowest BCUT2D eigenvalue weighted by atomic mass is 10.1. The van der Waals surface area contributed by atoms with Crippen molar-refractivity contribution in [1.29, 1.82) is 0 Å². The van der Waals surface area contributed by atoms with E-state index >= 15 is 0 Å². The van der Waals surface area contributed by atoms with E-state index in [0.29, 0.717) is 6.61 Å². The monoisotopic (exact) mass is 255 g/mol. The van der Waals surface area contributed by atoms with Crippen molar-refractivity contribution < 1.29 is 9.53 Å². The molecule has 0 aliphatic heterocycles. The Bertz CT molecular complexity index is 356. The van der Waals surface area contributed by atoms with Gasteiger partial charge in [-0.15, -0.1) is 12.4 Å². The Morgan fingerprint density at radius 3 is 2.59 bits per heavy atom. The van der Waals surface area contributed by atoms with Crippen molar-refractivity contribution in [1.82, 2.24) is 0 Å². The molecule has 0 heterocycles. The van der Waals surface area contributed by atoms with Crippen LogP contribution in [0, 0.1) is 5.92 Å². The third-order valence-electron chi connectivity index (χ3n) is 3.03.